The summed E-state index contributed by atoms with van der Waals surface area (Å²) >= 11 is 0. The quantitative estimate of drug-likeness (QED) is 0.795. The van der Waals surface area contributed by atoms with Crippen molar-refractivity contribution in [3.8, 4) is 0 Å². The second-order valence-electron chi connectivity index (χ2n) is 3.91. The van der Waals surface area contributed by atoms with E-state index in [1.807, 2.05) is 0 Å². The molecule has 0 saturated heterocycles. The van der Waals surface area contributed by atoms with Gasteiger partial charge in [0.15, 0.2) is 5.03 Å². The number of H-pyrrole nitrogens is 1. The molecule has 1 aromatic heterocycles. The fourth-order valence-electron chi connectivity index (χ4n) is 1.09. The third-order valence-electron chi connectivity index (χ3n) is 1.98. The van der Waals surface area contributed by atoms with Gasteiger partial charge in [0.05, 0.1) is 6.20 Å². The summed E-state index contributed by atoms with van der Waals surface area (Å²) in [5.74, 6) is 1.08. The number of nitrogens with zero attached hydrogens (tertiary/aromatic N) is 1. The maximum absolute atomic E-state index is 11.6. The number of imidazole rings is 1. The van der Waals surface area contributed by atoms with Crippen molar-refractivity contribution < 1.29 is 8.42 Å². The van der Waals surface area contributed by atoms with Crippen molar-refractivity contribution in [2.75, 3.05) is 6.54 Å². The molecule has 0 aromatic carbocycles. The average Bonchev–Trinajstić information content (AvgIpc) is 2.51. The molecule has 0 unspecified atom stereocenters. The van der Waals surface area contributed by atoms with Gasteiger partial charge in [0, 0.05) is 6.54 Å². The van der Waals surface area contributed by atoms with Crippen LogP contribution >= 0.6 is 0 Å². The van der Waals surface area contributed by atoms with Gasteiger partial charge in [0.2, 0.25) is 0 Å². The Balaban J connectivity index is 2.60. The normalized spacial score (nSPS) is 12.3. The summed E-state index contributed by atoms with van der Waals surface area (Å²) in [4.78, 5) is 6.54. The molecule has 6 heteroatoms. The molecule has 86 valence electrons. The van der Waals surface area contributed by atoms with E-state index in [1.54, 1.807) is 6.92 Å². The maximum Gasteiger partial charge on any atom is 0.257 e. The molecule has 0 aliphatic heterocycles. The molecule has 0 atom stereocenters. The molecule has 1 rings (SSSR count). The highest BCUT2D eigenvalue weighted by molar-refractivity contribution is 7.89. The summed E-state index contributed by atoms with van der Waals surface area (Å²) in [6.07, 6.45) is 2.15. The Bertz CT molecular complexity index is 409. The van der Waals surface area contributed by atoms with E-state index in [4.69, 9.17) is 0 Å². The zero-order valence-corrected chi connectivity index (χ0v) is 10.1. The number of hydrogen-bond acceptors (Lipinski definition) is 3. The smallest absolute Gasteiger partial charge is 0.257 e. The number of aromatic amines is 1. The van der Waals surface area contributed by atoms with Crippen molar-refractivity contribution in [2.24, 2.45) is 5.92 Å². The summed E-state index contributed by atoms with van der Waals surface area (Å²) in [5, 5.41) is 0.128. The summed E-state index contributed by atoms with van der Waals surface area (Å²) in [7, 11) is -3.40. The molecule has 0 fully saturated rings. The van der Waals surface area contributed by atoms with Gasteiger partial charge < -0.3 is 4.98 Å². The van der Waals surface area contributed by atoms with Gasteiger partial charge in [-0.3, -0.25) is 0 Å². The Morgan fingerprint density at radius 2 is 2.20 bits per heavy atom. The zero-order chi connectivity index (χ0) is 11.5. The highest BCUT2D eigenvalue weighted by atomic mass is 32.2. The molecule has 0 bridgehead atoms. The van der Waals surface area contributed by atoms with Gasteiger partial charge in [-0.25, -0.2) is 18.1 Å². The lowest BCUT2D eigenvalue weighted by Crippen LogP contribution is -2.25. The SMILES string of the molecule is Cc1ncc(S(=O)(=O)NCCC(C)C)[nH]1. The monoisotopic (exact) mass is 231 g/mol. The predicted molar refractivity (Wildman–Crippen MR) is 58.0 cm³/mol. The van der Waals surface area contributed by atoms with Crippen LogP contribution < -0.4 is 4.72 Å². The van der Waals surface area contributed by atoms with E-state index in [-0.39, 0.29) is 5.03 Å². The Labute approximate surface area is 90.4 Å². The van der Waals surface area contributed by atoms with Crippen molar-refractivity contribution in [2.45, 2.75) is 32.2 Å². The van der Waals surface area contributed by atoms with Crippen molar-refractivity contribution in [3.63, 3.8) is 0 Å². The molecule has 5 nitrogen and oxygen atoms in total. The van der Waals surface area contributed by atoms with Crippen molar-refractivity contribution in [1.82, 2.24) is 14.7 Å². The molecule has 0 saturated carbocycles. The molecule has 0 spiro atoms. The number of hydrogen-bond donors (Lipinski definition) is 2. The van der Waals surface area contributed by atoms with Crippen LogP contribution in [0, 0.1) is 12.8 Å². The number of aryl methyl sites for hydroxylation is 1. The first kappa shape index (κ1) is 12.2. The Hall–Kier alpha value is -0.880. The largest absolute Gasteiger partial charge is 0.332 e. The fourth-order valence-corrected chi connectivity index (χ4v) is 2.11. The summed E-state index contributed by atoms with van der Waals surface area (Å²) < 4.78 is 25.8. The lowest BCUT2D eigenvalue weighted by Gasteiger charge is -2.06. The maximum atomic E-state index is 11.6. The highest BCUT2D eigenvalue weighted by Crippen LogP contribution is 2.05. The van der Waals surface area contributed by atoms with Crippen LogP contribution in [0.25, 0.3) is 0 Å². The summed E-state index contributed by atoms with van der Waals surface area (Å²) in [6.45, 7) is 6.27. The predicted octanol–water partition coefficient (Wildman–Crippen LogP) is 1.04. The Morgan fingerprint density at radius 3 is 2.67 bits per heavy atom. The molecule has 15 heavy (non-hydrogen) atoms. The minimum Gasteiger partial charge on any atom is -0.332 e. The second kappa shape index (κ2) is 4.76. The van der Waals surface area contributed by atoms with Gasteiger partial charge in [-0.15, -0.1) is 0 Å². The van der Waals surface area contributed by atoms with E-state index < -0.39 is 10.0 Å². The molecule has 0 aliphatic rings. The van der Waals surface area contributed by atoms with Crippen LogP contribution in [0.4, 0.5) is 0 Å². The molecular formula is C9H17N3O2S. The molecule has 1 heterocycles. The minimum absolute atomic E-state index is 0.128. The lowest BCUT2D eigenvalue weighted by molar-refractivity contribution is 0.549. The molecule has 1 aromatic rings. The number of sulfonamides is 1. The van der Waals surface area contributed by atoms with Crippen LogP contribution in [-0.2, 0) is 10.0 Å². The van der Waals surface area contributed by atoms with Gasteiger partial charge in [0.25, 0.3) is 10.0 Å². The van der Waals surface area contributed by atoms with Crippen molar-refractivity contribution in [1.29, 1.82) is 0 Å². The van der Waals surface area contributed by atoms with Gasteiger partial charge >= 0.3 is 0 Å². The van der Waals surface area contributed by atoms with E-state index in [9.17, 15) is 8.42 Å². The van der Waals surface area contributed by atoms with E-state index in [0.717, 1.165) is 6.42 Å². The molecule has 0 aliphatic carbocycles. The third kappa shape index (κ3) is 3.64. The van der Waals surface area contributed by atoms with E-state index >= 15 is 0 Å². The van der Waals surface area contributed by atoms with E-state index in [0.29, 0.717) is 18.3 Å². The van der Waals surface area contributed by atoms with E-state index in [2.05, 4.69) is 28.5 Å². The van der Waals surface area contributed by atoms with Gasteiger partial charge in [0.1, 0.15) is 5.82 Å². The Morgan fingerprint density at radius 1 is 1.53 bits per heavy atom. The van der Waals surface area contributed by atoms with Crippen LogP contribution in [0.5, 0.6) is 0 Å². The van der Waals surface area contributed by atoms with Crippen LogP contribution in [0.15, 0.2) is 11.2 Å². The van der Waals surface area contributed by atoms with E-state index in [1.165, 1.54) is 6.20 Å². The average molecular weight is 231 g/mol. The van der Waals surface area contributed by atoms with Gasteiger partial charge in [-0.05, 0) is 19.3 Å². The van der Waals surface area contributed by atoms with Gasteiger partial charge in [-0.2, -0.15) is 0 Å². The van der Waals surface area contributed by atoms with Crippen molar-refractivity contribution >= 4 is 10.0 Å². The first-order valence-electron chi connectivity index (χ1n) is 4.93. The Kier molecular flexibility index (Phi) is 3.87. The van der Waals surface area contributed by atoms with Crippen LogP contribution in [-0.4, -0.2) is 24.9 Å². The third-order valence-corrected chi connectivity index (χ3v) is 3.35. The summed E-state index contributed by atoms with van der Waals surface area (Å²) in [6, 6.07) is 0. The van der Waals surface area contributed by atoms with Crippen LogP contribution in [0.3, 0.4) is 0 Å². The second-order valence-corrected chi connectivity index (χ2v) is 5.65. The zero-order valence-electron chi connectivity index (χ0n) is 9.24. The minimum atomic E-state index is -3.40. The number of aromatic nitrogens is 2. The number of rotatable bonds is 5. The number of nitrogens with one attached hydrogen (secondary N) is 2. The molecule has 0 radical (unpaired) electrons. The lowest BCUT2D eigenvalue weighted by atomic mass is 10.1. The van der Waals surface area contributed by atoms with Crippen molar-refractivity contribution in [3.05, 3.63) is 12.0 Å². The summed E-state index contributed by atoms with van der Waals surface area (Å²) in [5.41, 5.74) is 0. The topological polar surface area (TPSA) is 74.8 Å². The van der Waals surface area contributed by atoms with Crippen LogP contribution in [0.1, 0.15) is 26.1 Å². The fraction of sp³-hybridized carbons (Fsp3) is 0.667. The molecule has 2 N–H and O–H groups in total. The first-order valence-corrected chi connectivity index (χ1v) is 6.41. The van der Waals surface area contributed by atoms with Crippen LogP contribution in [0.2, 0.25) is 0 Å². The molecule has 0 amide bonds. The first-order chi connectivity index (χ1) is 6.92. The highest BCUT2D eigenvalue weighted by Gasteiger charge is 2.15. The standard InChI is InChI=1S/C9H17N3O2S/c1-7(2)4-5-11-15(13,14)9-6-10-8(3)12-9/h6-7,11H,4-5H2,1-3H3,(H,10,12). The molecular weight excluding hydrogens is 214 g/mol. The van der Waals surface area contributed by atoms with Gasteiger partial charge in [-0.1, -0.05) is 13.8 Å².